The highest BCUT2D eigenvalue weighted by Crippen LogP contribution is 2.21. The van der Waals surface area contributed by atoms with Crippen LogP contribution in [0.5, 0.6) is 5.75 Å². The smallest absolute Gasteiger partial charge is 0.335 e. The lowest BCUT2D eigenvalue weighted by molar-refractivity contribution is -0.255. The number of benzene rings is 1. The van der Waals surface area contributed by atoms with Crippen molar-refractivity contribution in [3.05, 3.63) is 29.3 Å². The first kappa shape index (κ1) is 13.0. The highest BCUT2D eigenvalue weighted by atomic mass is 16.5. The SMILES string of the molecule is CC(C)(C)Oc1cc(C(=O)[O-])cc(C(=O)O)c1. The van der Waals surface area contributed by atoms with Crippen molar-refractivity contribution in [2.24, 2.45) is 0 Å². The molecule has 0 aliphatic rings. The molecule has 92 valence electrons. The lowest BCUT2D eigenvalue weighted by atomic mass is 10.1. The normalized spacial score (nSPS) is 11.0. The van der Waals surface area contributed by atoms with E-state index in [1.165, 1.54) is 12.1 Å². The van der Waals surface area contributed by atoms with E-state index >= 15 is 0 Å². The predicted octanol–water partition coefficient (Wildman–Crippen LogP) is 0.926. The molecule has 5 nitrogen and oxygen atoms in total. The number of carboxylic acid groups (broad SMARTS) is 2. The fourth-order valence-electron chi connectivity index (χ4n) is 1.25. The highest BCUT2D eigenvalue weighted by molar-refractivity contribution is 5.93. The summed E-state index contributed by atoms with van der Waals surface area (Å²) in [6, 6.07) is 3.56. The molecule has 0 atom stereocenters. The number of aromatic carboxylic acids is 2. The number of hydrogen-bond acceptors (Lipinski definition) is 4. The Hall–Kier alpha value is -2.04. The maximum absolute atomic E-state index is 10.8. The van der Waals surface area contributed by atoms with Gasteiger partial charge >= 0.3 is 5.97 Å². The molecule has 0 heterocycles. The van der Waals surface area contributed by atoms with Crippen LogP contribution in [-0.2, 0) is 0 Å². The molecule has 0 saturated heterocycles. The second-order valence-corrected chi connectivity index (χ2v) is 4.55. The summed E-state index contributed by atoms with van der Waals surface area (Å²) in [6.07, 6.45) is 0. The maximum Gasteiger partial charge on any atom is 0.335 e. The number of carbonyl (C=O) groups is 2. The quantitative estimate of drug-likeness (QED) is 0.844. The van der Waals surface area contributed by atoms with E-state index in [0.717, 1.165) is 6.07 Å². The van der Waals surface area contributed by atoms with Crippen molar-refractivity contribution < 1.29 is 24.5 Å². The number of ether oxygens (including phenoxy) is 1. The summed E-state index contributed by atoms with van der Waals surface area (Å²) in [5.41, 5.74) is -0.907. The van der Waals surface area contributed by atoms with E-state index in [0.29, 0.717) is 0 Å². The zero-order valence-corrected chi connectivity index (χ0v) is 9.81. The second-order valence-electron chi connectivity index (χ2n) is 4.55. The fourth-order valence-corrected chi connectivity index (χ4v) is 1.25. The van der Waals surface area contributed by atoms with Crippen molar-refractivity contribution in [2.75, 3.05) is 0 Å². The molecule has 1 aromatic carbocycles. The Morgan fingerprint density at radius 1 is 1.18 bits per heavy atom. The van der Waals surface area contributed by atoms with Crippen molar-refractivity contribution in [2.45, 2.75) is 26.4 Å². The number of hydrogen-bond donors (Lipinski definition) is 1. The lowest BCUT2D eigenvalue weighted by Crippen LogP contribution is -2.25. The van der Waals surface area contributed by atoms with Gasteiger partial charge in [0.2, 0.25) is 0 Å². The van der Waals surface area contributed by atoms with Gasteiger partial charge < -0.3 is 19.7 Å². The van der Waals surface area contributed by atoms with Gasteiger partial charge in [-0.1, -0.05) is 0 Å². The minimum atomic E-state index is -1.44. The van der Waals surface area contributed by atoms with Gasteiger partial charge in [0.1, 0.15) is 11.4 Å². The topological polar surface area (TPSA) is 86.7 Å². The van der Waals surface area contributed by atoms with Crippen LogP contribution >= 0.6 is 0 Å². The van der Waals surface area contributed by atoms with Crippen molar-refractivity contribution in [3.63, 3.8) is 0 Å². The number of rotatable bonds is 3. The van der Waals surface area contributed by atoms with Gasteiger partial charge in [-0.2, -0.15) is 0 Å². The van der Waals surface area contributed by atoms with Crippen LogP contribution in [0.4, 0.5) is 0 Å². The minimum absolute atomic E-state index is 0.147. The summed E-state index contributed by atoms with van der Waals surface area (Å²) in [5.74, 6) is -2.46. The Kier molecular flexibility index (Phi) is 3.41. The van der Waals surface area contributed by atoms with Crippen LogP contribution in [0.3, 0.4) is 0 Å². The Morgan fingerprint density at radius 3 is 2.12 bits per heavy atom. The molecule has 0 aromatic heterocycles. The Balaban J connectivity index is 3.22. The van der Waals surface area contributed by atoms with Gasteiger partial charge in [-0.15, -0.1) is 0 Å². The molecule has 1 rings (SSSR count). The van der Waals surface area contributed by atoms with Crippen molar-refractivity contribution in [1.82, 2.24) is 0 Å². The van der Waals surface area contributed by atoms with Gasteiger partial charge in [0.15, 0.2) is 0 Å². The molecule has 0 aliphatic carbocycles. The van der Waals surface area contributed by atoms with E-state index in [1.807, 2.05) is 0 Å². The van der Waals surface area contributed by atoms with Crippen LogP contribution in [0.2, 0.25) is 0 Å². The first-order valence-corrected chi connectivity index (χ1v) is 4.98. The first-order chi connectivity index (χ1) is 7.69. The molecule has 17 heavy (non-hydrogen) atoms. The standard InChI is InChI=1S/C12H14O5/c1-12(2,3)17-9-5-7(10(13)14)4-8(6-9)11(15)16/h4-6H,1-3H3,(H,13,14)(H,15,16)/p-1. The summed E-state index contributed by atoms with van der Waals surface area (Å²) in [5, 5.41) is 19.6. The van der Waals surface area contributed by atoms with E-state index in [1.54, 1.807) is 20.8 Å². The molecule has 0 fully saturated rings. The van der Waals surface area contributed by atoms with Crippen LogP contribution in [0.25, 0.3) is 0 Å². The van der Waals surface area contributed by atoms with Crippen LogP contribution in [0, 0.1) is 0 Å². The largest absolute Gasteiger partial charge is 0.545 e. The molecule has 0 bridgehead atoms. The molecular formula is C12H13O5-. The average Bonchev–Trinajstić information content (AvgIpc) is 2.14. The summed E-state index contributed by atoms with van der Waals surface area (Å²) in [6.45, 7) is 5.33. The van der Waals surface area contributed by atoms with Gasteiger partial charge in [-0.3, -0.25) is 0 Å². The molecule has 1 N–H and O–H groups in total. The summed E-state index contributed by atoms with van der Waals surface area (Å²) in [7, 11) is 0. The summed E-state index contributed by atoms with van der Waals surface area (Å²) >= 11 is 0. The van der Waals surface area contributed by atoms with E-state index in [4.69, 9.17) is 9.84 Å². The van der Waals surface area contributed by atoms with Crippen LogP contribution in [-0.4, -0.2) is 22.6 Å². The Bertz CT molecular complexity index is 424. The monoisotopic (exact) mass is 237 g/mol. The van der Waals surface area contributed by atoms with E-state index < -0.39 is 17.5 Å². The van der Waals surface area contributed by atoms with Crippen molar-refractivity contribution in [3.8, 4) is 5.75 Å². The second kappa shape index (κ2) is 4.45. The van der Waals surface area contributed by atoms with Gasteiger partial charge in [-0.25, -0.2) is 4.79 Å². The first-order valence-electron chi connectivity index (χ1n) is 4.98. The van der Waals surface area contributed by atoms with E-state index in [-0.39, 0.29) is 16.9 Å². The molecule has 1 aromatic rings. The fraction of sp³-hybridized carbons (Fsp3) is 0.333. The van der Waals surface area contributed by atoms with E-state index in [2.05, 4.69) is 0 Å². The molecule has 0 unspecified atom stereocenters. The van der Waals surface area contributed by atoms with Gasteiger partial charge in [0.05, 0.1) is 11.5 Å². The van der Waals surface area contributed by atoms with E-state index in [9.17, 15) is 14.7 Å². The number of carboxylic acids is 2. The van der Waals surface area contributed by atoms with Crippen LogP contribution < -0.4 is 9.84 Å². The summed E-state index contributed by atoms with van der Waals surface area (Å²) < 4.78 is 5.43. The maximum atomic E-state index is 10.8. The van der Waals surface area contributed by atoms with Crippen molar-refractivity contribution in [1.29, 1.82) is 0 Å². The third-order valence-corrected chi connectivity index (χ3v) is 1.81. The van der Waals surface area contributed by atoms with Gasteiger partial charge in [0, 0.05) is 5.56 Å². The average molecular weight is 237 g/mol. The van der Waals surface area contributed by atoms with Crippen LogP contribution in [0.1, 0.15) is 41.5 Å². The predicted molar refractivity (Wildman–Crippen MR) is 58.1 cm³/mol. The Labute approximate surface area is 98.6 Å². The third kappa shape index (κ3) is 3.79. The lowest BCUT2D eigenvalue weighted by Gasteiger charge is -2.22. The molecule has 0 aliphatic heterocycles. The van der Waals surface area contributed by atoms with Crippen LogP contribution in [0.15, 0.2) is 18.2 Å². The molecule has 0 amide bonds. The number of carbonyl (C=O) groups excluding carboxylic acids is 1. The zero-order valence-electron chi connectivity index (χ0n) is 9.81. The molecule has 0 radical (unpaired) electrons. The third-order valence-electron chi connectivity index (χ3n) is 1.81. The highest BCUT2D eigenvalue weighted by Gasteiger charge is 2.15. The molecule has 0 spiro atoms. The Morgan fingerprint density at radius 2 is 1.71 bits per heavy atom. The summed E-state index contributed by atoms with van der Waals surface area (Å²) in [4.78, 5) is 21.6. The minimum Gasteiger partial charge on any atom is -0.545 e. The van der Waals surface area contributed by atoms with Gasteiger partial charge in [0.25, 0.3) is 0 Å². The van der Waals surface area contributed by atoms with Crippen molar-refractivity contribution >= 4 is 11.9 Å². The molecule has 0 saturated carbocycles. The molecule has 5 heteroatoms. The van der Waals surface area contributed by atoms with Gasteiger partial charge in [-0.05, 0) is 39.0 Å². The molecular weight excluding hydrogens is 224 g/mol. The zero-order chi connectivity index (χ0) is 13.2.